The monoisotopic (exact) mass is 193 g/mol. The number of aryl methyl sites for hydroxylation is 2. The van der Waals surface area contributed by atoms with Gasteiger partial charge in [0.1, 0.15) is 0 Å². The number of hydrogen-bond acceptors (Lipinski definition) is 2. The number of benzene rings is 1. The minimum absolute atomic E-state index is 0.0206. The molecule has 0 saturated heterocycles. The predicted octanol–water partition coefficient (Wildman–Crippen LogP) is 2.47. The highest BCUT2D eigenvalue weighted by molar-refractivity contribution is 5.33. The van der Waals surface area contributed by atoms with E-state index in [1.807, 2.05) is 0 Å². The van der Waals surface area contributed by atoms with E-state index in [9.17, 15) is 0 Å². The van der Waals surface area contributed by atoms with Crippen molar-refractivity contribution in [3.63, 3.8) is 0 Å². The summed E-state index contributed by atoms with van der Waals surface area (Å²) in [6.45, 7) is 9.03. The maximum atomic E-state index is 5.12. The summed E-state index contributed by atoms with van der Waals surface area (Å²) in [6.07, 6.45) is 0. The Balaban J connectivity index is 3.01. The molecule has 0 saturated carbocycles. The van der Waals surface area contributed by atoms with Gasteiger partial charge >= 0.3 is 0 Å². The van der Waals surface area contributed by atoms with E-state index in [2.05, 4.69) is 45.9 Å². The van der Waals surface area contributed by atoms with Crippen LogP contribution in [-0.2, 0) is 10.3 Å². The minimum atomic E-state index is -0.0206. The summed E-state index contributed by atoms with van der Waals surface area (Å²) in [7, 11) is 0. The molecule has 0 heterocycles. The van der Waals surface area contributed by atoms with Crippen LogP contribution in [-0.4, -0.2) is 6.61 Å². The van der Waals surface area contributed by atoms with E-state index in [1.54, 1.807) is 0 Å². The molecule has 0 aliphatic heterocycles. The van der Waals surface area contributed by atoms with Gasteiger partial charge in [0, 0.05) is 5.41 Å². The quantitative estimate of drug-likeness (QED) is 0.748. The van der Waals surface area contributed by atoms with Crippen molar-refractivity contribution in [1.82, 2.24) is 0 Å². The van der Waals surface area contributed by atoms with Crippen LogP contribution in [0.1, 0.15) is 30.5 Å². The molecule has 0 radical (unpaired) electrons. The summed E-state index contributed by atoms with van der Waals surface area (Å²) < 4.78 is 0. The second kappa shape index (κ2) is 4.11. The molecule has 0 aromatic heterocycles. The molecule has 0 bridgehead atoms. The van der Waals surface area contributed by atoms with Crippen LogP contribution in [0.4, 0.5) is 0 Å². The number of rotatable bonds is 3. The minimum Gasteiger partial charge on any atom is -0.304 e. The number of hydrogen-bond donors (Lipinski definition) is 1. The fourth-order valence-corrected chi connectivity index (χ4v) is 1.45. The van der Waals surface area contributed by atoms with Crippen LogP contribution in [0.15, 0.2) is 18.2 Å². The Morgan fingerprint density at radius 3 is 2.36 bits per heavy atom. The molecule has 0 aliphatic carbocycles. The first-order chi connectivity index (χ1) is 6.47. The second-order valence-electron chi connectivity index (χ2n) is 4.49. The molecular formula is C12H19NO. The predicted molar refractivity (Wildman–Crippen MR) is 59.1 cm³/mol. The van der Waals surface area contributed by atoms with Crippen LogP contribution in [0, 0.1) is 13.8 Å². The third-order valence-corrected chi connectivity index (χ3v) is 2.73. The van der Waals surface area contributed by atoms with E-state index in [0.717, 1.165) is 0 Å². The van der Waals surface area contributed by atoms with Crippen LogP contribution in [0.2, 0.25) is 0 Å². The van der Waals surface area contributed by atoms with Gasteiger partial charge in [0.05, 0.1) is 6.61 Å². The van der Waals surface area contributed by atoms with Gasteiger partial charge in [-0.3, -0.25) is 0 Å². The largest absolute Gasteiger partial charge is 0.304 e. The lowest BCUT2D eigenvalue weighted by atomic mass is 9.84. The Kier molecular flexibility index (Phi) is 3.29. The van der Waals surface area contributed by atoms with E-state index < -0.39 is 0 Å². The molecule has 0 fully saturated rings. The van der Waals surface area contributed by atoms with Gasteiger partial charge in [-0.05, 0) is 30.5 Å². The molecule has 1 aromatic carbocycles. The van der Waals surface area contributed by atoms with Crippen molar-refractivity contribution in [2.75, 3.05) is 6.61 Å². The van der Waals surface area contributed by atoms with Crippen molar-refractivity contribution in [1.29, 1.82) is 0 Å². The standard InChI is InChI=1S/C12H19NO/c1-9-5-6-11(7-10(9)2)12(3,4)8-14-13/h5-7H,8,13H2,1-4H3. The fraction of sp³-hybridized carbons (Fsp3) is 0.500. The van der Waals surface area contributed by atoms with Crippen LogP contribution in [0.25, 0.3) is 0 Å². The molecule has 0 amide bonds. The summed E-state index contributed by atoms with van der Waals surface area (Å²) >= 11 is 0. The second-order valence-corrected chi connectivity index (χ2v) is 4.49. The fourth-order valence-electron chi connectivity index (χ4n) is 1.45. The van der Waals surface area contributed by atoms with E-state index in [-0.39, 0.29) is 5.41 Å². The highest BCUT2D eigenvalue weighted by Crippen LogP contribution is 2.24. The first-order valence-electron chi connectivity index (χ1n) is 4.87. The summed E-state index contributed by atoms with van der Waals surface area (Å²) in [5, 5.41) is 0. The molecule has 1 rings (SSSR count). The zero-order valence-corrected chi connectivity index (χ0v) is 9.42. The molecule has 2 N–H and O–H groups in total. The Labute approximate surface area is 86.0 Å². The highest BCUT2D eigenvalue weighted by Gasteiger charge is 2.20. The van der Waals surface area contributed by atoms with Gasteiger partial charge in [-0.2, -0.15) is 0 Å². The van der Waals surface area contributed by atoms with Crippen LogP contribution in [0.3, 0.4) is 0 Å². The van der Waals surface area contributed by atoms with E-state index in [1.165, 1.54) is 16.7 Å². The van der Waals surface area contributed by atoms with Crippen molar-refractivity contribution in [3.8, 4) is 0 Å². The van der Waals surface area contributed by atoms with Gasteiger partial charge in [0.15, 0.2) is 0 Å². The third-order valence-electron chi connectivity index (χ3n) is 2.73. The SMILES string of the molecule is Cc1ccc(C(C)(C)CON)cc1C. The molecule has 0 spiro atoms. The maximum absolute atomic E-state index is 5.12. The Morgan fingerprint density at radius 1 is 1.21 bits per heavy atom. The van der Waals surface area contributed by atoms with E-state index in [4.69, 9.17) is 10.7 Å². The average Bonchev–Trinajstić information content (AvgIpc) is 2.09. The summed E-state index contributed by atoms with van der Waals surface area (Å²) in [6, 6.07) is 6.48. The third kappa shape index (κ3) is 2.34. The normalized spacial score (nSPS) is 11.8. The lowest BCUT2D eigenvalue weighted by Crippen LogP contribution is -2.26. The van der Waals surface area contributed by atoms with Crippen molar-refractivity contribution in [2.24, 2.45) is 5.90 Å². The highest BCUT2D eigenvalue weighted by atomic mass is 16.6. The zero-order chi connectivity index (χ0) is 10.8. The molecule has 0 unspecified atom stereocenters. The molecule has 0 aliphatic rings. The maximum Gasteiger partial charge on any atom is 0.0770 e. The first-order valence-corrected chi connectivity index (χ1v) is 4.87. The van der Waals surface area contributed by atoms with Gasteiger partial charge in [0.25, 0.3) is 0 Å². The molecular weight excluding hydrogens is 174 g/mol. The van der Waals surface area contributed by atoms with Crippen LogP contribution in [0.5, 0.6) is 0 Å². The van der Waals surface area contributed by atoms with Gasteiger partial charge in [0.2, 0.25) is 0 Å². The first kappa shape index (κ1) is 11.2. The summed E-state index contributed by atoms with van der Waals surface area (Å²) in [5.74, 6) is 5.12. The molecule has 78 valence electrons. The van der Waals surface area contributed by atoms with Gasteiger partial charge < -0.3 is 4.84 Å². The van der Waals surface area contributed by atoms with Crippen molar-refractivity contribution in [3.05, 3.63) is 34.9 Å². The molecule has 0 atom stereocenters. The van der Waals surface area contributed by atoms with Crippen LogP contribution >= 0.6 is 0 Å². The van der Waals surface area contributed by atoms with Gasteiger partial charge in [-0.25, -0.2) is 5.90 Å². The van der Waals surface area contributed by atoms with Crippen molar-refractivity contribution >= 4 is 0 Å². The lowest BCUT2D eigenvalue weighted by molar-refractivity contribution is 0.0964. The summed E-state index contributed by atoms with van der Waals surface area (Å²) in [5.41, 5.74) is 3.88. The summed E-state index contributed by atoms with van der Waals surface area (Å²) in [4.78, 5) is 4.73. The topological polar surface area (TPSA) is 35.2 Å². The molecule has 14 heavy (non-hydrogen) atoms. The van der Waals surface area contributed by atoms with Crippen molar-refractivity contribution < 1.29 is 4.84 Å². The van der Waals surface area contributed by atoms with E-state index in [0.29, 0.717) is 6.61 Å². The molecule has 1 aromatic rings. The Hall–Kier alpha value is -0.860. The van der Waals surface area contributed by atoms with Crippen LogP contribution < -0.4 is 5.90 Å². The smallest absolute Gasteiger partial charge is 0.0770 e. The number of nitrogens with two attached hydrogens (primary N) is 1. The van der Waals surface area contributed by atoms with Crippen molar-refractivity contribution in [2.45, 2.75) is 33.1 Å². The molecule has 2 nitrogen and oxygen atoms in total. The van der Waals surface area contributed by atoms with Gasteiger partial charge in [-0.1, -0.05) is 32.0 Å². The lowest BCUT2D eigenvalue weighted by Gasteiger charge is -2.24. The van der Waals surface area contributed by atoms with E-state index >= 15 is 0 Å². The Morgan fingerprint density at radius 2 is 1.86 bits per heavy atom. The zero-order valence-electron chi connectivity index (χ0n) is 9.42. The Bertz CT molecular complexity index is 318. The van der Waals surface area contributed by atoms with Gasteiger partial charge in [-0.15, -0.1) is 0 Å². The average molecular weight is 193 g/mol. The molecule has 2 heteroatoms.